The fourth-order valence-corrected chi connectivity index (χ4v) is 7.01. The monoisotopic (exact) mass is 669 g/mol. The smallest absolute Gasteiger partial charge is 0.353 e. The Morgan fingerprint density at radius 1 is 1.02 bits per heavy atom. The van der Waals surface area contributed by atoms with E-state index in [1.165, 1.54) is 36.4 Å². The number of carboxylic acid groups (broad SMARTS) is 2. The topological polar surface area (TPSA) is 235 Å². The van der Waals surface area contributed by atoms with Gasteiger partial charge >= 0.3 is 29.8 Å². The van der Waals surface area contributed by atoms with Gasteiger partial charge in [0, 0.05) is 23.6 Å². The quantitative estimate of drug-likeness (QED) is 0.129. The van der Waals surface area contributed by atoms with Gasteiger partial charge in [0.25, 0.3) is 0 Å². The lowest BCUT2D eigenvalue weighted by Crippen LogP contribution is -2.70. The molecule has 0 saturated heterocycles. The molecule has 7 atom stereocenters. The summed E-state index contributed by atoms with van der Waals surface area (Å²) in [5, 5.41) is 54.8. The molecule has 2 aliphatic carbocycles. The van der Waals surface area contributed by atoms with Gasteiger partial charge in [0.1, 0.15) is 5.76 Å². The van der Waals surface area contributed by atoms with Crippen LogP contribution in [0.2, 0.25) is 0 Å². The van der Waals surface area contributed by atoms with E-state index in [1.54, 1.807) is 19.2 Å². The van der Waals surface area contributed by atoms with E-state index in [0.29, 0.717) is 18.4 Å². The molecule has 1 heterocycles. The second-order valence-electron chi connectivity index (χ2n) is 11.8. The Labute approximate surface area is 273 Å². The van der Waals surface area contributed by atoms with E-state index < -0.39 is 84.2 Å². The van der Waals surface area contributed by atoms with Crippen LogP contribution in [0, 0.1) is 0 Å². The van der Waals surface area contributed by atoms with E-state index in [9.17, 15) is 44.4 Å². The third kappa shape index (κ3) is 5.84. The van der Waals surface area contributed by atoms with Gasteiger partial charge in [-0.1, -0.05) is 43.3 Å². The Hall–Kier alpha value is -4.99. The van der Waals surface area contributed by atoms with Crippen molar-refractivity contribution in [2.45, 2.75) is 80.5 Å². The number of hydrogen-bond acceptors (Lipinski definition) is 13. The van der Waals surface area contributed by atoms with E-state index in [4.69, 9.17) is 24.1 Å². The number of nitrogens with one attached hydrogen (secondary N) is 1. The van der Waals surface area contributed by atoms with Crippen molar-refractivity contribution in [3.63, 3.8) is 0 Å². The zero-order valence-corrected chi connectivity index (χ0v) is 26.0. The molecule has 256 valence electrons. The Kier molecular flexibility index (Phi) is 9.48. The highest BCUT2D eigenvalue weighted by atomic mass is 16.6. The Balaban J connectivity index is 1.32. The highest BCUT2D eigenvalue weighted by molar-refractivity contribution is 5.87. The van der Waals surface area contributed by atoms with E-state index in [1.807, 2.05) is 6.92 Å². The van der Waals surface area contributed by atoms with Gasteiger partial charge in [0.05, 0.1) is 23.9 Å². The number of phenolic OH excluding ortho intramolecular Hbond substituents is 1. The largest absolute Gasteiger partial charge is 0.504 e. The Morgan fingerprint density at radius 3 is 2.35 bits per heavy atom. The summed E-state index contributed by atoms with van der Waals surface area (Å²) in [4.78, 5) is 61.4. The molecule has 2 aromatic carbocycles. The average Bonchev–Trinajstić information content (AvgIpc) is 3.43. The Bertz CT molecular complexity index is 1660. The standard InChI is InChI=1S/C33H35NO14/c1-3-32-25-17-9-10-18(35)27(25)47-28(32)20(11-12-33(32,44)22(13-17)34-2)45-24(39)14-19(36)30(42)48-26(16-7-5-4-6-8-16)31(43)46-21(29(40)41)15-23(37)38/h4-11,19,21-22,26,28,34-36,44H,3,12-15H2,1-2H3,(H,37,38)(H,40,41)/t19-,21+,22+,26-,28-,32-,33+/m0/s1. The van der Waals surface area contributed by atoms with Gasteiger partial charge in [-0.05, 0) is 37.6 Å². The minimum absolute atomic E-state index is 0.00859. The molecule has 15 heteroatoms. The molecule has 0 saturated carbocycles. The minimum atomic E-state index is -2.16. The first-order valence-corrected chi connectivity index (χ1v) is 15.2. The summed E-state index contributed by atoms with van der Waals surface area (Å²) in [6.45, 7) is 1.85. The number of carbonyl (C=O) groups is 5. The van der Waals surface area contributed by atoms with E-state index in [-0.39, 0.29) is 29.2 Å². The van der Waals surface area contributed by atoms with Crippen molar-refractivity contribution in [2.75, 3.05) is 7.05 Å². The number of ether oxygens (including phenoxy) is 4. The number of likely N-dealkylation sites (N-methyl/N-ethyl adjacent to an activating group) is 1. The maximum Gasteiger partial charge on any atom is 0.353 e. The number of carboxylic acids is 2. The van der Waals surface area contributed by atoms with E-state index in [2.05, 4.69) is 5.32 Å². The molecule has 1 aliphatic heterocycles. The van der Waals surface area contributed by atoms with Crippen molar-refractivity contribution in [1.82, 2.24) is 5.32 Å². The summed E-state index contributed by atoms with van der Waals surface area (Å²) in [7, 11) is 1.73. The van der Waals surface area contributed by atoms with Crippen LogP contribution in [0.15, 0.2) is 54.3 Å². The highest BCUT2D eigenvalue weighted by Gasteiger charge is 2.69. The number of esters is 3. The number of aliphatic carboxylic acids is 2. The van der Waals surface area contributed by atoms with E-state index in [0.717, 1.165) is 5.56 Å². The molecular weight excluding hydrogens is 634 g/mol. The fraction of sp³-hybridized carbons (Fsp3) is 0.424. The molecule has 0 spiro atoms. The summed E-state index contributed by atoms with van der Waals surface area (Å²) < 4.78 is 21.7. The average molecular weight is 670 g/mol. The fourth-order valence-electron chi connectivity index (χ4n) is 7.01. The first-order chi connectivity index (χ1) is 22.8. The van der Waals surface area contributed by atoms with Gasteiger partial charge in [-0.15, -0.1) is 0 Å². The van der Waals surface area contributed by atoms with Gasteiger partial charge in [0.2, 0.25) is 12.2 Å². The molecule has 0 amide bonds. The molecule has 5 rings (SSSR count). The van der Waals surface area contributed by atoms with Gasteiger partial charge in [0.15, 0.2) is 23.7 Å². The number of aliphatic hydroxyl groups is 2. The third-order valence-electron chi connectivity index (χ3n) is 9.21. The second kappa shape index (κ2) is 13.3. The van der Waals surface area contributed by atoms with Crippen LogP contribution in [0.3, 0.4) is 0 Å². The van der Waals surface area contributed by atoms with Crippen molar-refractivity contribution in [2.24, 2.45) is 0 Å². The molecule has 2 aromatic rings. The van der Waals surface area contributed by atoms with Gasteiger partial charge in [-0.25, -0.2) is 14.4 Å². The molecule has 0 radical (unpaired) electrons. The predicted octanol–water partition coefficient (Wildman–Crippen LogP) is 1.01. The van der Waals surface area contributed by atoms with Crippen molar-refractivity contribution in [1.29, 1.82) is 0 Å². The maximum atomic E-state index is 13.1. The van der Waals surface area contributed by atoms with E-state index >= 15 is 0 Å². The van der Waals surface area contributed by atoms with Crippen LogP contribution in [0.5, 0.6) is 11.5 Å². The zero-order valence-electron chi connectivity index (χ0n) is 26.0. The molecule has 3 aliphatic rings. The molecule has 0 fully saturated rings. The molecular formula is C33H35NO14. The van der Waals surface area contributed by atoms with Crippen LogP contribution < -0.4 is 10.1 Å². The van der Waals surface area contributed by atoms with Gasteiger partial charge in [-0.3, -0.25) is 9.59 Å². The number of benzene rings is 2. The number of hydrogen-bond donors (Lipinski definition) is 6. The number of aromatic hydroxyl groups is 1. The molecule has 15 nitrogen and oxygen atoms in total. The van der Waals surface area contributed by atoms with Gasteiger partial charge < -0.3 is 49.8 Å². The first kappa shape index (κ1) is 34.3. The number of aliphatic hydroxyl groups excluding tert-OH is 1. The molecule has 0 unspecified atom stereocenters. The first-order valence-electron chi connectivity index (χ1n) is 15.2. The minimum Gasteiger partial charge on any atom is -0.504 e. The van der Waals surface area contributed by atoms with Crippen LogP contribution >= 0.6 is 0 Å². The predicted molar refractivity (Wildman–Crippen MR) is 160 cm³/mol. The normalized spacial score (nSPS) is 25.3. The van der Waals surface area contributed by atoms with Crippen LogP contribution in [0.1, 0.15) is 55.4 Å². The number of carbonyl (C=O) groups excluding carboxylic acids is 3. The molecule has 0 aromatic heterocycles. The number of phenols is 1. The van der Waals surface area contributed by atoms with Crippen molar-refractivity contribution in [3.05, 3.63) is 71.0 Å². The third-order valence-corrected chi connectivity index (χ3v) is 9.21. The lowest BCUT2D eigenvalue weighted by atomic mass is 9.52. The summed E-state index contributed by atoms with van der Waals surface area (Å²) >= 11 is 0. The molecule has 48 heavy (non-hydrogen) atoms. The highest BCUT2D eigenvalue weighted by Crippen LogP contribution is 2.63. The molecule has 6 N–H and O–H groups in total. The zero-order chi connectivity index (χ0) is 35.0. The van der Waals surface area contributed by atoms with Gasteiger partial charge in [-0.2, -0.15) is 0 Å². The SMILES string of the molecule is CC[C@]12c3c4ccc(O)c3O[C@H]1C(OC(=O)C[C@H](O)C(=O)O[C@H](C(=O)O[C@H](CC(=O)O)C(=O)O)c1ccccc1)=CC[C@@]2(O)[C@H](NC)C4. The lowest BCUT2D eigenvalue weighted by molar-refractivity contribution is -0.182. The second-order valence-corrected chi connectivity index (χ2v) is 11.8. The van der Waals surface area contributed by atoms with Crippen LogP contribution in [-0.4, -0.2) is 92.4 Å². The van der Waals surface area contributed by atoms with Crippen LogP contribution in [0.4, 0.5) is 0 Å². The summed E-state index contributed by atoms with van der Waals surface area (Å²) in [5.41, 5.74) is -1.02. The maximum absolute atomic E-state index is 13.1. The molecule has 0 bridgehead atoms. The number of rotatable bonds is 13. The summed E-state index contributed by atoms with van der Waals surface area (Å²) in [6.07, 6.45) is -6.88. The summed E-state index contributed by atoms with van der Waals surface area (Å²) in [5.74, 6) is -7.23. The van der Waals surface area contributed by atoms with Crippen molar-refractivity contribution >= 4 is 29.8 Å². The Morgan fingerprint density at radius 2 is 1.73 bits per heavy atom. The van der Waals surface area contributed by atoms with Crippen molar-refractivity contribution < 1.29 is 68.5 Å². The van der Waals surface area contributed by atoms with Crippen LogP contribution in [-0.2, 0) is 50.0 Å². The lowest BCUT2D eigenvalue weighted by Gasteiger charge is -2.56. The summed E-state index contributed by atoms with van der Waals surface area (Å²) in [6, 6.07) is 10.1. The van der Waals surface area contributed by atoms with Crippen LogP contribution in [0.25, 0.3) is 0 Å². The van der Waals surface area contributed by atoms with Crippen molar-refractivity contribution in [3.8, 4) is 11.5 Å².